The summed E-state index contributed by atoms with van der Waals surface area (Å²) in [4.78, 5) is 24.8. The lowest BCUT2D eigenvalue weighted by atomic mass is 9.87. The van der Waals surface area contributed by atoms with E-state index in [4.69, 9.17) is 0 Å². The van der Waals surface area contributed by atoms with E-state index in [9.17, 15) is 9.59 Å². The van der Waals surface area contributed by atoms with Gasteiger partial charge in [-0.15, -0.1) is 0 Å². The van der Waals surface area contributed by atoms with Crippen LogP contribution >= 0.6 is 0 Å². The zero-order valence-electron chi connectivity index (χ0n) is 14.3. The smallest absolute Gasteiger partial charge is 0.275 e. The third kappa shape index (κ3) is 5.06. The Morgan fingerprint density at radius 3 is 2.74 bits per heavy atom. The topological polar surface area (TPSA) is 62.6 Å². The van der Waals surface area contributed by atoms with Crippen molar-refractivity contribution in [3.63, 3.8) is 0 Å². The van der Waals surface area contributed by atoms with Gasteiger partial charge >= 0.3 is 0 Å². The molecule has 2 rings (SSSR count). The molecule has 1 aromatic carbocycles. The van der Waals surface area contributed by atoms with E-state index in [1.165, 1.54) is 16.0 Å². The highest BCUT2D eigenvalue weighted by Gasteiger charge is 2.27. The van der Waals surface area contributed by atoms with Crippen LogP contribution in [-0.4, -0.2) is 38.0 Å². The van der Waals surface area contributed by atoms with Gasteiger partial charge in [0.1, 0.15) is 6.04 Å². The zero-order valence-corrected chi connectivity index (χ0v) is 14.3. The molecule has 2 amide bonds. The van der Waals surface area contributed by atoms with E-state index in [0.717, 1.165) is 19.3 Å². The molecule has 1 aliphatic carbocycles. The predicted octanol–water partition coefficient (Wildman–Crippen LogP) is 0.220. The third-order valence-corrected chi connectivity index (χ3v) is 4.30. The fourth-order valence-electron chi connectivity index (χ4n) is 3.26. The molecule has 0 saturated carbocycles. The number of hydrogen-bond acceptors (Lipinski definition) is 2. The van der Waals surface area contributed by atoms with Crippen LogP contribution in [-0.2, 0) is 16.0 Å². The summed E-state index contributed by atoms with van der Waals surface area (Å²) in [6.07, 6.45) is 3.39. The zero-order chi connectivity index (χ0) is 16.8. The molecule has 1 unspecified atom stereocenters. The van der Waals surface area contributed by atoms with Gasteiger partial charge in [0.05, 0.1) is 13.6 Å². The number of amides is 2. The summed E-state index contributed by atoms with van der Waals surface area (Å²) in [6, 6.07) is 8.96. The van der Waals surface area contributed by atoms with Crippen molar-refractivity contribution in [2.45, 2.75) is 45.2 Å². The normalized spacial score (nSPS) is 18.2. The minimum absolute atomic E-state index is 0.0472. The Labute approximate surface area is 138 Å². The summed E-state index contributed by atoms with van der Waals surface area (Å²) in [5, 5.41) is 5.48. The number of nitrogens with one attached hydrogen (secondary N) is 3. The minimum Gasteiger partial charge on any atom is -0.352 e. The maximum Gasteiger partial charge on any atom is 0.275 e. The molecule has 1 aliphatic rings. The van der Waals surface area contributed by atoms with Crippen molar-refractivity contribution in [3.8, 4) is 0 Å². The molecule has 5 nitrogen and oxygen atoms in total. The van der Waals surface area contributed by atoms with Crippen LogP contribution in [0.5, 0.6) is 0 Å². The van der Waals surface area contributed by atoms with Crippen molar-refractivity contribution in [2.75, 3.05) is 20.1 Å². The van der Waals surface area contributed by atoms with Gasteiger partial charge in [0, 0.05) is 18.0 Å². The first-order valence-electron chi connectivity index (χ1n) is 8.43. The van der Waals surface area contributed by atoms with Crippen LogP contribution in [0.2, 0.25) is 0 Å². The molecular formula is C18H28N3O2+. The van der Waals surface area contributed by atoms with Crippen LogP contribution in [0, 0.1) is 0 Å². The highest BCUT2D eigenvalue weighted by molar-refractivity contribution is 5.85. The van der Waals surface area contributed by atoms with Gasteiger partial charge in [-0.2, -0.15) is 0 Å². The molecule has 5 heteroatoms. The Kier molecular flexibility index (Phi) is 6.16. The van der Waals surface area contributed by atoms with Crippen LogP contribution in [0.1, 0.15) is 43.9 Å². The van der Waals surface area contributed by atoms with E-state index in [1.54, 1.807) is 0 Å². The second-order valence-corrected chi connectivity index (χ2v) is 6.67. The number of carbonyl (C=O) groups is 2. The molecule has 3 N–H and O–H groups in total. The average Bonchev–Trinajstić information content (AvgIpc) is 2.51. The summed E-state index contributed by atoms with van der Waals surface area (Å²) < 4.78 is 0. The Morgan fingerprint density at radius 2 is 2.00 bits per heavy atom. The summed E-state index contributed by atoms with van der Waals surface area (Å²) in [6.45, 7) is 4.23. The number of quaternary nitrogens is 1. The van der Waals surface area contributed by atoms with Crippen LogP contribution in [0.4, 0.5) is 0 Å². The molecule has 23 heavy (non-hydrogen) atoms. The van der Waals surface area contributed by atoms with Crippen molar-refractivity contribution < 1.29 is 14.5 Å². The largest absolute Gasteiger partial charge is 0.352 e. The standard InChI is InChI=1S/C18H27N3O2/c1-13(2)20-17(22)11-19-18(23)12-21(3)16-10-6-8-14-7-4-5-9-15(14)16/h4-5,7,9,13,16H,6,8,10-12H2,1-3H3,(H,19,23)(H,20,22)/p+1/t16-/m1/s1. The van der Waals surface area contributed by atoms with Gasteiger partial charge in [-0.05, 0) is 32.3 Å². The molecule has 2 atom stereocenters. The van der Waals surface area contributed by atoms with E-state index >= 15 is 0 Å². The fourth-order valence-corrected chi connectivity index (χ4v) is 3.26. The second kappa shape index (κ2) is 8.11. The van der Waals surface area contributed by atoms with Crippen LogP contribution in [0.25, 0.3) is 0 Å². The van der Waals surface area contributed by atoms with Gasteiger partial charge in [0.15, 0.2) is 6.54 Å². The monoisotopic (exact) mass is 318 g/mol. The third-order valence-electron chi connectivity index (χ3n) is 4.30. The van der Waals surface area contributed by atoms with Crippen LogP contribution in [0.3, 0.4) is 0 Å². The van der Waals surface area contributed by atoms with Gasteiger partial charge in [0.25, 0.3) is 5.91 Å². The quantitative estimate of drug-likeness (QED) is 0.703. The molecule has 0 fully saturated rings. The number of benzene rings is 1. The Morgan fingerprint density at radius 1 is 1.26 bits per heavy atom. The number of fused-ring (bicyclic) bond motifs is 1. The van der Waals surface area contributed by atoms with Gasteiger partial charge in [-0.3, -0.25) is 9.59 Å². The highest BCUT2D eigenvalue weighted by Crippen LogP contribution is 2.27. The Hall–Kier alpha value is -1.88. The molecule has 0 bridgehead atoms. The van der Waals surface area contributed by atoms with Crippen LogP contribution in [0.15, 0.2) is 24.3 Å². The summed E-state index contributed by atoms with van der Waals surface area (Å²) in [5.74, 6) is -0.224. The molecular weight excluding hydrogens is 290 g/mol. The number of aryl methyl sites for hydroxylation is 1. The Balaban J connectivity index is 1.86. The lowest BCUT2D eigenvalue weighted by Crippen LogP contribution is -3.10. The number of carbonyl (C=O) groups excluding carboxylic acids is 2. The minimum atomic E-state index is -0.144. The first-order chi connectivity index (χ1) is 11.0. The molecule has 0 heterocycles. The predicted molar refractivity (Wildman–Crippen MR) is 90.2 cm³/mol. The second-order valence-electron chi connectivity index (χ2n) is 6.67. The maximum absolute atomic E-state index is 12.1. The number of hydrogen-bond donors (Lipinski definition) is 3. The molecule has 0 saturated heterocycles. The summed E-state index contributed by atoms with van der Waals surface area (Å²) in [5.41, 5.74) is 2.77. The number of likely N-dealkylation sites (N-methyl/N-ethyl adjacent to an activating group) is 1. The maximum atomic E-state index is 12.1. The molecule has 0 aromatic heterocycles. The lowest BCUT2D eigenvalue weighted by molar-refractivity contribution is -0.905. The van der Waals surface area contributed by atoms with E-state index in [-0.39, 0.29) is 24.4 Å². The lowest BCUT2D eigenvalue weighted by Gasteiger charge is -2.30. The average molecular weight is 318 g/mol. The van der Waals surface area contributed by atoms with E-state index in [1.807, 2.05) is 13.8 Å². The molecule has 1 aromatic rings. The van der Waals surface area contributed by atoms with Crippen molar-refractivity contribution in [1.29, 1.82) is 0 Å². The molecule has 126 valence electrons. The first kappa shape index (κ1) is 17.5. The van der Waals surface area contributed by atoms with Gasteiger partial charge in [-0.1, -0.05) is 24.3 Å². The van der Waals surface area contributed by atoms with E-state index in [2.05, 4.69) is 41.9 Å². The Bertz CT molecular complexity index is 557. The molecule has 0 radical (unpaired) electrons. The summed E-state index contributed by atoms with van der Waals surface area (Å²) >= 11 is 0. The van der Waals surface area contributed by atoms with Crippen LogP contribution < -0.4 is 15.5 Å². The molecule has 0 aliphatic heterocycles. The first-order valence-corrected chi connectivity index (χ1v) is 8.43. The van der Waals surface area contributed by atoms with Gasteiger partial charge in [0.2, 0.25) is 5.91 Å². The van der Waals surface area contributed by atoms with Gasteiger partial charge < -0.3 is 15.5 Å². The van der Waals surface area contributed by atoms with Gasteiger partial charge in [-0.25, -0.2) is 0 Å². The number of rotatable bonds is 6. The van der Waals surface area contributed by atoms with Crippen molar-refractivity contribution in [3.05, 3.63) is 35.4 Å². The summed E-state index contributed by atoms with van der Waals surface area (Å²) in [7, 11) is 2.06. The van der Waals surface area contributed by atoms with E-state index < -0.39 is 0 Å². The molecule has 0 spiro atoms. The fraction of sp³-hybridized carbons (Fsp3) is 0.556. The highest BCUT2D eigenvalue weighted by atomic mass is 16.2. The van der Waals surface area contributed by atoms with Crippen molar-refractivity contribution in [1.82, 2.24) is 10.6 Å². The SMILES string of the molecule is CC(C)NC(=O)CNC(=O)C[NH+](C)[C@@H]1CCCc2ccccc21. The van der Waals surface area contributed by atoms with E-state index in [0.29, 0.717) is 12.6 Å². The van der Waals surface area contributed by atoms with Crippen molar-refractivity contribution in [2.24, 2.45) is 0 Å². The van der Waals surface area contributed by atoms with Crippen molar-refractivity contribution >= 4 is 11.8 Å².